The Labute approximate surface area is 200 Å². The fourth-order valence-electron chi connectivity index (χ4n) is 5.66. The number of azo groups is 1. The molecule has 0 bridgehead atoms. The molecular formula is C26H31N7O. The molecule has 6 rings (SSSR count). The molecule has 8 heteroatoms. The standard InChI is InChI=1S/C26H31N7O/c34-25(33-10-7-21-15-29-31-24(21)16-33)17-32-8-5-18(6-9-32)22-13-27-26(28-14-22)30-23-11-19-3-1-2-4-20(19)12-23/h1-4,13-14,18,23H,5-12,15-17H2,(H,27,28,30). The van der Waals surface area contributed by atoms with E-state index in [9.17, 15) is 4.79 Å². The smallest absolute Gasteiger partial charge is 0.237 e. The van der Waals surface area contributed by atoms with Crippen molar-refractivity contribution in [1.82, 2.24) is 19.8 Å². The number of carbonyl (C=O) groups is 1. The molecule has 0 saturated carbocycles. The third-order valence-electron chi connectivity index (χ3n) is 7.71. The van der Waals surface area contributed by atoms with Gasteiger partial charge < -0.3 is 10.2 Å². The van der Waals surface area contributed by atoms with Crippen LogP contribution in [0.4, 0.5) is 5.95 Å². The summed E-state index contributed by atoms with van der Waals surface area (Å²) in [4.78, 5) is 26.3. The van der Waals surface area contributed by atoms with Gasteiger partial charge in [-0.3, -0.25) is 9.69 Å². The molecule has 1 N–H and O–H groups in total. The van der Waals surface area contributed by atoms with Crippen molar-refractivity contribution in [2.24, 2.45) is 10.2 Å². The fraction of sp³-hybridized carbons (Fsp3) is 0.500. The van der Waals surface area contributed by atoms with E-state index < -0.39 is 0 Å². The van der Waals surface area contributed by atoms with Gasteiger partial charge in [0, 0.05) is 25.0 Å². The van der Waals surface area contributed by atoms with Crippen molar-refractivity contribution in [3.63, 3.8) is 0 Å². The van der Waals surface area contributed by atoms with Crippen LogP contribution in [0.2, 0.25) is 0 Å². The summed E-state index contributed by atoms with van der Waals surface area (Å²) in [7, 11) is 0. The van der Waals surface area contributed by atoms with Gasteiger partial charge in [0.15, 0.2) is 0 Å². The molecule has 34 heavy (non-hydrogen) atoms. The highest BCUT2D eigenvalue weighted by atomic mass is 16.2. The summed E-state index contributed by atoms with van der Waals surface area (Å²) in [5.74, 6) is 1.38. The Hall–Kier alpha value is -3.13. The average Bonchev–Trinajstić information content (AvgIpc) is 3.51. The number of rotatable bonds is 5. The second-order valence-corrected chi connectivity index (χ2v) is 9.92. The monoisotopic (exact) mass is 457 g/mol. The quantitative estimate of drug-likeness (QED) is 0.745. The van der Waals surface area contributed by atoms with Crippen LogP contribution < -0.4 is 5.32 Å². The first-order chi connectivity index (χ1) is 16.7. The molecule has 176 valence electrons. The van der Waals surface area contributed by atoms with Crippen molar-refractivity contribution in [1.29, 1.82) is 0 Å². The van der Waals surface area contributed by atoms with Gasteiger partial charge in [-0.15, -0.1) is 0 Å². The zero-order valence-corrected chi connectivity index (χ0v) is 19.5. The lowest BCUT2D eigenvalue weighted by molar-refractivity contribution is -0.132. The van der Waals surface area contributed by atoms with Crippen molar-refractivity contribution in [2.75, 3.05) is 44.6 Å². The minimum Gasteiger partial charge on any atom is -0.351 e. The van der Waals surface area contributed by atoms with Crippen LogP contribution >= 0.6 is 0 Å². The molecule has 1 fully saturated rings. The molecule has 0 radical (unpaired) electrons. The van der Waals surface area contributed by atoms with Gasteiger partial charge in [-0.05, 0) is 73.4 Å². The molecule has 1 aromatic heterocycles. The van der Waals surface area contributed by atoms with E-state index in [0.717, 1.165) is 64.0 Å². The number of hydrogen-bond donors (Lipinski definition) is 1. The first-order valence-corrected chi connectivity index (χ1v) is 12.4. The van der Waals surface area contributed by atoms with Gasteiger partial charge in [0.1, 0.15) is 0 Å². The predicted octanol–water partition coefficient (Wildman–Crippen LogP) is 3.19. The topological polar surface area (TPSA) is 86.1 Å². The Morgan fingerprint density at radius 3 is 2.50 bits per heavy atom. The molecule has 1 aliphatic carbocycles. The number of piperidine rings is 1. The Bertz CT molecular complexity index is 1090. The van der Waals surface area contributed by atoms with Crippen LogP contribution in [0.25, 0.3) is 0 Å². The molecular weight excluding hydrogens is 426 g/mol. The number of nitrogens with one attached hydrogen (secondary N) is 1. The van der Waals surface area contributed by atoms with E-state index >= 15 is 0 Å². The van der Waals surface area contributed by atoms with Gasteiger partial charge in [0.05, 0.1) is 25.3 Å². The van der Waals surface area contributed by atoms with Crippen molar-refractivity contribution < 1.29 is 4.79 Å². The number of likely N-dealkylation sites (tertiary alicyclic amines) is 1. The minimum atomic E-state index is 0.208. The third kappa shape index (κ3) is 4.46. The fourth-order valence-corrected chi connectivity index (χ4v) is 5.66. The zero-order chi connectivity index (χ0) is 22.9. The number of benzene rings is 1. The Morgan fingerprint density at radius 1 is 1.03 bits per heavy atom. The van der Waals surface area contributed by atoms with Gasteiger partial charge in [-0.1, -0.05) is 24.3 Å². The van der Waals surface area contributed by atoms with Gasteiger partial charge in [0.2, 0.25) is 11.9 Å². The van der Waals surface area contributed by atoms with E-state index in [2.05, 4.69) is 54.7 Å². The summed E-state index contributed by atoms with van der Waals surface area (Å²) in [6.45, 7) is 4.50. The highest BCUT2D eigenvalue weighted by Gasteiger charge is 2.28. The second-order valence-electron chi connectivity index (χ2n) is 9.92. The lowest BCUT2D eigenvalue weighted by Gasteiger charge is -2.34. The maximum absolute atomic E-state index is 12.8. The molecule has 0 atom stereocenters. The number of nitrogens with zero attached hydrogens (tertiary/aromatic N) is 6. The van der Waals surface area contributed by atoms with E-state index in [4.69, 9.17) is 0 Å². The number of fused-ring (bicyclic) bond motifs is 1. The summed E-state index contributed by atoms with van der Waals surface area (Å²) in [6.07, 6.45) is 9.00. The molecule has 3 aliphatic heterocycles. The molecule has 0 unspecified atom stereocenters. The lowest BCUT2D eigenvalue weighted by Crippen LogP contribution is -2.45. The third-order valence-corrected chi connectivity index (χ3v) is 7.71. The molecule has 8 nitrogen and oxygen atoms in total. The Kier molecular flexibility index (Phi) is 5.83. The average molecular weight is 458 g/mol. The molecule has 1 aromatic carbocycles. The zero-order valence-electron chi connectivity index (χ0n) is 19.5. The highest BCUT2D eigenvalue weighted by Crippen LogP contribution is 2.29. The highest BCUT2D eigenvalue weighted by molar-refractivity contribution is 5.79. The normalized spacial score (nSPS) is 21.1. The van der Waals surface area contributed by atoms with Gasteiger partial charge >= 0.3 is 0 Å². The van der Waals surface area contributed by atoms with E-state index in [0.29, 0.717) is 31.0 Å². The van der Waals surface area contributed by atoms with Gasteiger partial charge in [-0.2, -0.15) is 10.2 Å². The van der Waals surface area contributed by atoms with Crippen LogP contribution in [-0.2, 0) is 17.6 Å². The van der Waals surface area contributed by atoms with Crippen LogP contribution in [0.5, 0.6) is 0 Å². The SMILES string of the molecule is O=C(CN1CCC(c2cnc(NC3Cc4ccccc4C3)nc2)CC1)N1CCC2=C(C1)N=NC2. The molecule has 0 spiro atoms. The first-order valence-electron chi connectivity index (χ1n) is 12.4. The van der Waals surface area contributed by atoms with Crippen molar-refractivity contribution in [3.05, 3.63) is 64.6 Å². The molecule has 4 aliphatic rings. The minimum absolute atomic E-state index is 0.208. The number of aromatic nitrogens is 2. The molecule has 4 heterocycles. The number of anilines is 1. The Morgan fingerprint density at radius 2 is 1.76 bits per heavy atom. The molecule has 2 aromatic rings. The van der Waals surface area contributed by atoms with E-state index in [1.165, 1.54) is 22.3 Å². The summed E-state index contributed by atoms with van der Waals surface area (Å²) in [5.41, 5.74) is 6.37. The second kappa shape index (κ2) is 9.25. The maximum atomic E-state index is 12.8. The summed E-state index contributed by atoms with van der Waals surface area (Å²) >= 11 is 0. The van der Waals surface area contributed by atoms with E-state index in [1.807, 2.05) is 17.3 Å². The summed E-state index contributed by atoms with van der Waals surface area (Å²) in [5, 5.41) is 11.8. The summed E-state index contributed by atoms with van der Waals surface area (Å²) < 4.78 is 0. The maximum Gasteiger partial charge on any atom is 0.237 e. The predicted molar refractivity (Wildman–Crippen MR) is 130 cm³/mol. The molecule has 1 amide bonds. The number of hydrogen-bond acceptors (Lipinski definition) is 7. The van der Waals surface area contributed by atoms with Crippen LogP contribution in [0.3, 0.4) is 0 Å². The summed E-state index contributed by atoms with van der Waals surface area (Å²) in [6, 6.07) is 9.00. The van der Waals surface area contributed by atoms with E-state index in [-0.39, 0.29) is 5.91 Å². The van der Waals surface area contributed by atoms with Crippen molar-refractivity contribution in [2.45, 2.75) is 44.1 Å². The molecule has 1 saturated heterocycles. The largest absolute Gasteiger partial charge is 0.351 e. The Balaban J connectivity index is 0.974. The lowest BCUT2D eigenvalue weighted by atomic mass is 9.91. The van der Waals surface area contributed by atoms with Crippen LogP contribution in [0.15, 0.2) is 58.2 Å². The van der Waals surface area contributed by atoms with Crippen LogP contribution in [-0.4, -0.2) is 71.0 Å². The number of carbonyl (C=O) groups excluding carboxylic acids is 1. The first kappa shape index (κ1) is 21.4. The van der Waals surface area contributed by atoms with Crippen LogP contribution in [0.1, 0.15) is 41.9 Å². The van der Waals surface area contributed by atoms with Gasteiger partial charge in [0.25, 0.3) is 0 Å². The van der Waals surface area contributed by atoms with Crippen LogP contribution in [0, 0.1) is 0 Å². The van der Waals surface area contributed by atoms with Gasteiger partial charge in [-0.25, -0.2) is 9.97 Å². The van der Waals surface area contributed by atoms with E-state index in [1.54, 1.807) is 0 Å². The van der Waals surface area contributed by atoms with Crippen molar-refractivity contribution >= 4 is 11.9 Å². The number of amides is 1. The van der Waals surface area contributed by atoms with Crippen molar-refractivity contribution in [3.8, 4) is 0 Å².